The first-order valence-corrected chi connectivity index (χ1v) is 8.20. The van der Waals surface area contributed by atoms with Crippen molar-refractivity contribution >= 4 is 10.8 Å². The van der Waals surface area contributed by atoms with Gasteiger partial charge in [0.2, 0.25) is 0 Å². The molecule has 1 rings (SSSR count). The number of para-hydroxylation sites is 1. The fourth-order valence-electron chi connectivity index (χ4n) is 1.80. The van der Waals surface area contributed by atoms with Gasteiger partial charge in [-0.25, -0.2) is 0 Å². The first-order valence-electron chi connectivity index (χ1n) is 6.81. The molecular weight excluding hydrogens is 258 g/mol. The highest BCUT2D eigenvalue weighted by Crippen LogP contribution is 2.25. The number of nitrogens with two attached hydrogens (primary N) is 1. The van der Waals surface area contributed by atoms with Gasteiger partial charge in [0.05, 0.1) is 6.61 Å². The molecule has 0 heterocycles. The van der Waals surface area contributed by atoms with Gasteiger partial charge in [-0.05, 0) is 18.9 Å². The lowest BCUT2D eigenvalue weighted by molar-refractivity contribution is 0.335. The smallest absolute Gasteiger partial charge is 0.124 e. The summed E-state index contributed by atoms with van der Waals surface area (Å²) in [7, 11) is -0.918. The van der Waals surface area contributed by atoms with Gasteiger partial charge in [0.15, 0.2) is 0 Å². The molecule has 0 aromatic heterocycles. The van der Waals surface area contributed by atoms with Crippen molar-refractivity contribution in [2.45, 2.75) is 39.0 Å². The third kappa shape index (κ3) is 4.62. The molecule has 3 nitrogen and oxygen atoms in total. The molecule has 1 aromatic rings. The molecule has 0 saturated heterocycles. The van der Waals surface area contributed by atoms with E-state index in [1.165, 1.54) is 0 Å². The highest BCUT2D eigenvalue weighted by Gasteiger charge is 2.20. The lowest BCUT2D eigenvalue weighted by Gasteiger charge is -2.20. The molecule has 19 heavy (non-hydrogen) atoms. The molecule has 0 radical (unpaired) electrons. The normalized spacial score (nSPS) is 16.1. The van der Waals surface area contributed by atoms with Crippen LogP contribution in [0.25, 0.3) is 0 Å². The van der Waals surface area contributed by atoms with Crippen molar-refractivity contribution in [3.63, 3.8) is 0 Å². The molecule has 2 N–H and O–H groups in total. The topological polar surface area (TPSA) is 52.3 Å². The van der Waals surface area contributed by atoms with E-state index in [9.17, 15) is 4.21 Å². The molecule has 0 bridgehead atoms. The van der Waals surface area contributed by atoms with E-state index in [1.807, 2.05) is 38.1 Å². The minimum absolute atomic E-state index is 0.158. The molecular formula is C15H25NO2S. The van der Waals surface area contributed by atoms with Crippen LogP contribution in [-0.4, -0.2) is 21.8 Å². The zero-order valence-corrected chi connectivity index (χ0v) is 13.1. The molecule has 1 aromatic carbocycles. The van der Waals surface area contributed by atoms with Crippen molar-refractivity contribution in [2.75, 3.05) is 12.4 Å². The first-order chi connectivity index (χ1) is 8.97. The molecule has 0 fully saturated rings. The summed E-state index contributed by atoms with van der Waals surface area (Å²) in [5.74, 6) is 1.67. The predicted molar refractivity (Wildman–Crippen MR) is 81.8 cm³/mol. The van der Waals surface area contributed by atoms with Crippen LogP contribution >= 0.6 is 0 Å². The van der Waals surface area contributed by atoms with Crippen LogP contribution in [0.1, 0.15) is 39.3 Å². The third-order valence-electron chi connectivity index (χ3n) is 3.32. The zero-order chi connectivity index (χ0) is 14.4. The highest BCUT2D eigenvalue weighted by molar-refractivity contribution is 7.85. The standard InChI is InChI=1S/C15H25NO2S/c1-5-18-15-9-7-6-8-13(15)14(16)10-19(17)12(4)11(2)3/h6-9,11-12,14H,5,10,16H2,1-4H3. The predicted octanol–water partition coefficient (Wildman–Crippen LogP) is 2.88. The average molecular weight is 283 g/mol. The van der Waals surface area contributed by atoms with Crippen molar-refractivity contribution in [1.82, 2.24) is 0 Å². The second-order valence-electron chi connectivity index (χ2n) is 5.07. The minimum Gasteiger partial charge on any atom is -0.494 e. The Morgan fingerprint density at radius 2 is 1.89 bits per heavy atom. The first kappa shape index (κ1) is 16.2. The molecule has 0 aliphatic rings. The summed E-state index contributed by atoms with van der Waals surface area (Å²) < 4.78 is 17.8. The Balaban J connectivity index is 2.78. The summed E-state index contributed by atoms with van der Waals surface area (Å²) in [5, 5.41) is 0.158. The van der Waals surface area contributed by atoms with Crippen molar-refractivity contribution < 1.29 is 8.95 Å². The van der Waals surface area contributed by atoms with Crippen LogP contribution in [0.2, 0.25) is 0 Å². The number of rotatable bonds is 7. The van der Waals surface area contributed by atoms with Gasteiger partial charge in [0.25, 0.3) is 0 Å². The van der Waals surface area contributed by atoms with E-state index in [4.69, 9.17) is 10.5 Å². The van der Waals surface area contributed by atoms with Gasteiger partial charge in [-0.15, -0.1) is 0 Å². The van der Waals surface area contributed by atoms with Gasteiger partial charge in [-0.3, -0.25) is 4.21 Å². The summed E-state index contributed by atoms with van der Waals surface area (Å²) in [4.78, 5) is 0. The summed E-state index contributed by atoms with van der Waals surface area (Å²) in [6, 6.07) is 7.48. The van der Waals surface area contributed by atoms with Crippen LogP contribution in [0, 0.1) is 5.92 Å². The van der Waals surface area contributed by atoms with E-state index in [0.29, 0.717) is 18.3 Å². The van der Waals surface area contributed by atoms with Crippen LogP contribution < -0.4 is 10.5 Å². The van der Waals surface area contributed by atoms with Crippen LogP contribution in [0.4, 0.5) is 0 Å². The van der Waals surface area contributed by atoms with Gasteiger partial charge in [0.1, 0.15) is 5.75 Å². The Labute approximate surface area is 119 Å². The Bertz CT molecular complexity index is 420. The molecule has 3 unspecified atom stereocenters. The molecule has 0 amide bonds. The molecule has 0 aliphatic carbocycles. The van der Waals surface area contributed by atoms with Crippen LogP contribution in [0.5, 0.6) is 5.75 Å². The van der Waals surface area contributed by atoms with Gasteiger partial charge in [-0.1, -0.05) is 39.0 Å². The molecule has 0 spiro atoms. The zero-order valence-electron chi connectivity index (χ0n) is 12.3. The molecule has 0 saturated carbocycles. The molecule has 0 aliphatic heterocycles. The third-order valence-corrected chi connectivity index (χ3v) is 5.38. The van der Waals surface area contributed by atoms with Crippen LogP contribution in [0.15, 0.2) is 24.3 Å². The number of hydrogen-bond donors (Lipinski definition) is 1. The van der Waals surface area contributed by atoms with Gasteiger partial charge >= 0.3 is 0 Å². The van der Waals surface area contributed by atoms with Crippen LogP contribution in [0.3, 0.4) is 0 Å². The second kappa shape index (κ2) is 7.65. The summed E-state index contributed by atoms with van der Waals surface area (Å²) in [5.41, 5.74) is 7.13. The fourth-order valence-corrected chi connectivity index (χ4v) is 3.24. The Kier molecular flexibility index (Phi) is 6.52. The maximum atomic E-state index is 12.2. The maximum Gasteiger partial charge on any atom is 0.124 e. The minimum atomic E-state index is -0.918. The van der Waals surface area contributed by atoms with E-state index >= 15 is 0 Å². The SMILES string of the molecule is CCOc1ccccc1C(N)CS(=O)C(C)C(C)C. The van der Waals surface area contributed by atoms with Gasteiger partial charge in [0, 0.05) is 33.4 Å². The van der Waals surface area contributed by atoms with Crippen molar-refractivity contribution in [1.29, 1.82) is 0 Å². The van der Waals surface area contributed by atoms with Crippen LogP contribution in [-0.2, 0) is 10.8 Å². The Morgan fingerprint density at radius 3 is 2.47 bits per heavy atom. The Hall–Kier alpha value is -0.870. The lowest BCUT2D eigenvalue weighted by Crippen LogP contribution is -2.26. The van der Waals surface area contributed by atoms with E-state index in [1.54, 1.807) is 0 Å². The summed E-state index contributed by atoms with van der Waals surface area (Å²) >= 11 is 0. The fraction of sp³-hybridized carbons (Fsp3) is 0.600. The molecule has 4 heteroatoms. The molecule has 3 atom stereocenters. The largest absolute Gasteiger partial charge is 0.494 e. The second-order valence-corrected chi connectivity index (χ2v) is 6.91. The van der Waals surface area contributed by atoms with E-state index < -0.39 is 10.8 Å². The summed E-state index contributed by atoms with van der Waals surface area (Å²) in [6.45, 7) is 8.74. The van der Waals surface area contributed by atoms with E-state index in [0.717, 1.165) is 11.3 Å². The Morgan fingerprint density at radius 1 is 1.26 bits per heavy atom. The van der Waals surface area contributed by atoms with Crippen molar-refractivity contribution in [3.05, 3.63) is 29.8 Å². The number of ether oxygens (including phenoxy) is 1. The lowest BCUT2D eigenvalue weighted by atomic mass is 10.1. The highest BCUT2D eigenvalue weighted by atomic mass is 32.2. The van der Waals surface area contributed by atoms with E-state index in [-0.39, 0.29) is 11.3 Å². The van der Waals surface area contributed by atoms with Crippen molar-refractivity contribution in [2.24, 2.45) is 11.7 Å². The van der Waals surface area contributed by atoms with E-state index in [2.05, 4.69) is 13.8 Å². The van der Waals surface area contributed by atoms with Gasteiger partial charge in [-0.2, -0.15) is 0 Å². The number of benzene rings is 1. The quantitative estimate of drug-likeness (QED) is 0.837. The van der Waals surface area contributed by atoms with Crippen molar-refractivity contribution in [3.8, 4) is 5.75 Å². The average Bonchev–Trinajstić information content (AvgIpc) is 2.38. The summed E-state index contributed by atoms with van der Waals surface area (Å²) in [6.07, 6.45) is 0. The monoisotopic (exact) mass is 283 g/mol. The molecule has 108 valence electrons. The maximum absolute atomic E-state index is 12.2. The van der Waals surface area contributed by atoms with Gasteiger partial charge < -0.3 is 10.5 Å². The number of hydrogen-bond acceptors (Lipinski definition) is 3.